The van der Waals surface area contributed by atoms with E-state index in [1.165, 1.54) is 0 Å². The molecule has 1 aromatic carbocycles. The van der Waals surface area contributed by atoms with Crippen molar-refractivity contribution in [2.24, 2.45) is 5.92 Å². The molecule has 114 valence electrons. The number of carbonyl (C=O) groups excluding carboxylic acids is 2. The number of hydrogen-bond donors (Lipinski definition) is 3. The average Bonchev–Trinajstić information content (AvgIpc) is 2.31. The summed E-state index contributed by atoms with van der Waals surface area (Å²) in [6, 6.07) is 4.40. The van der Waals surface area contributed by atoms with Crippen molar-refractivity contribution in [1.29, 1.82) is 0 Å². The minimum absolute atomic E-state index is 0.0403. The van der Waals surface area contributed by atoms with Gasteiger partial charge in [-0.15, -0.1) is 0 Å². The van der Waals surface area contributed by atoms with Crippen LogP contribution in [0.3, 0.4) is 0 Å². The van der Waals surface area contributed by atoms with E-state index in [1.807, 2.05) is 6.92 Å². The number of aryl methyl sites for hydroxylation is 1. The van der Waals surface area contributed by atoms with Crippen LogP contribution in [0, 0.1) is 12.8 Å². The SMILES string of the molecule is Cc1ccc(NC(=O)NC(=O)CC(C)CC(=O)O)c(Cl)c1. The number of nitrogens with one attached hydrogen (secondary N) is 2. The molecule has 21 heavy (non-hydrogen) atoms. The number of halogens is 1. The molecule has 0 aliphatic heterocycles. The Morgan fingerprint density at radius 3 is 2.52 bits per heavy atom. The lowest BCUT2D eigenvalue weighted by Gasteiger charge is -2.10. The van der Waals surface area contributed by atoms with E-state index >= 15 is 0 Å². The van der Waals surface area contributed by atoms with Crippen LogP contribution >= 0.6 is 11.6 Å². The Kier molecular flexibility index (Phi) is 6.17. The first kappa shape index (κ1) is 17.0. The summed E-state index contributed by atoms with van der Waals surface area (Å²) in [5.74, 6) is -1.87. The number of urea groups is 1. The van der Waals surface area contributed by atoms with Gasteiger partial charge in [-0.3, -0.25) is 14.9 Å². The molecule has 0 bridgehead atoms. The van der Waals surface area contributed by atoms with Gasteiger partial charge in [0.05, 0.1) is 10.7 Å². The first-order chi connectivity index (χ1) is 9.77. The van der Waals surface area contributed by atoms with Gasteiger partial charge in [-0.1, -0.05) is 24.6 Å². The van der Waals surface area contributed by atoms with E-state index in [0.717, 1.165) is 5.56 Å². The summed E-state index contributed by atoms with van der Waals surface area (Å²) in [6.45, 7) is 3.49. The lowest BCUT2D eigenvalue weighted by atomic mass is 10.0. The second kappa shape index (κ2) is 7.64. The molecular weight excluding hydrogens is 296 g/mol. The van der Waals surface area contributed by atoms with Crippen LogP contribution in [0.1, 0.15) is 25.3 Å². The van der Waals surface area contributed by atoms with Gasteiger partial charge in [0.25, 0.3) is 0 Å². The minimum atomic E-state index is -0.980. The Hall–Kier alpha value is -2.08. The first-order valence-electron chi connectivity index (χ1n) is 6.36. The fourth-order valence-corrected chi connectivity index (χ4v) is 2.02. The molecule has 0 fully saturated rings. The number of hydrogen-bond acceptors (Lipinski definition) is 3. The molecule has 7 heteroatoms. The molecule has 0 saturated heterocycles. The monoisotopic (exact) mass is 312 g/mol. The molecule has 1 rings (SSSR count). The fourth-order valence-electron chi connectivity index (χ4n) is 1.74. The third kappa shape index (κ3) is 6.27. The molecule has 3 N–H and O–H groups in total. The quantitative estimate of drug-likeness (QED) is 0.779. The van der Waals surface area contributed by atoms with Gasteiger partial charge in [-0.05, 0) is 30.5 Å². The maximum Gasteiger partial charge on any atom is 0.325 e. The Bertz CT molecular complexity index is 560. The summed E-state index contributed by atoms with van der Waals surface area (Å²) in [4.78, 5) is 33.7. The largest absolute Gasteiger partial charge is 0.481 e. The topological polar surface area (TPSA) is 95.5 Å². The highest BCUT2D eigenvalue weighted by atomic mass is 35.5. The van der Waals surface area contributed by atoms with E-state index in [-0.39, 0.29) is 18.8 Å². The molecule has 6 nitrogen and oxygen atoms in total. The molecule has 0 saturated carbocycles. The molecule has 0 spiro atoms. The van der Waals surface area contributed by atoms with Gasteiger partial charge < -0.3 is 10.4 Å². The van der Waals surface area contributed by atoms with Crippen LogP contribution in [0.25, 0.3) is 0 Å². The van der Waals surface area contributed by atoms with E-state index in [2.05, 4.69) is 10.6 Å². The van der Waals surface area contributed by atoms with Crippen LogP contribution in [0.4, 0.5) is 10.5 Å². The van der Waals surface area contributed by atoms with Crippen LogP contribution in [0.2, 0.25) is 5.02 Å². The third-order valence-corrected chi connectivity index (χ3v) is 3.00. The van der Waals surface area contributed by atoms with Crippen molar-refractivity contribution in [3.8, 4) is 0 Å². The van der Waals surface area contributed by atoms with E-state index in [1.54, 1.807) is 25.1 Å². The molecule has 0 aliphatic carbocycles. The van der Waals surface area contributed by atoms with Crippen LogP contribution < -0.4 is 10.6 Å². The Balaban J connectivity index is 2.49. The van der Waals surface area contributed by atoms with E-state index in [0.29, 0.717) is 10.7 Å². The summed E-state index contributed by atoms with van der Waals surface area (Å²) in [5, 5.41) is 13.6. The molecule has 0 aromatic heterocycles. The summed E-state index contributed by atoms with van der Waals surface area (Å²) >= 11 is 5.96. The highest BCUT2D eigenvalue weighted by molar-refractivity contribution is 6.33. The number of carbonyl (C=O) groups is 3. The lowest BCUT2D eigenvalue weighted by Crippen LogP contribution is -2.35. The maximum atomic E-state index is 11.6. The Morgan fingerprint density at radius 1 is 1.29 bits per heavy atom. The number of carboxylic acid groups (broad SMARTS) is 1. The van der Waals surface area contributed by atoms with Crippen LogP contribution in [0.5, 0.6) is 0 Å². The zero-order valence-electron chi connectivity index (χ0n) is 11.8. The smallest absolute Gasteiger partial charge is 0.325 e. The zero-order valence-corrected chi connectivity index (χ0v) is 12.5. The van der Waals surface area contributed by atoms with Gasteiger partial charge >= 0.3 is 12.0 Å². The summed E-state index contributed by atoms with van der Waals surface area (Å²) in [7, 11) is 0. The highest BCUT2D eigenvalue weighted by Crippen LogP contribution is 2.22. The van der Waals surface area contributed by atoms with Gasteiger partial charge in [0.1, 0.15) is 0 Å². The summed E-state index contributed by atoms with van der Waals surface area (Å²) in [6.07, 6.45) is -0.166. The number of imide groups is 1. The maximum absolute atomic E-state index is 11.6. The van der Waals surface area contributed by atoms with Crippen LogP contribution in [0.15, 0.2) is 18.2 Å². The highest BCUT2D eigenvalue weighted by Gasteiger charge is 2.15. The van der Waals surface area contributed by atoms with Crippen molar-refractivity contribution in [3.63, 3.8) is 0 Å². The van der Waals surface area contributed by atoms with Gasteiger partial charge in [0.15, 0.2) is 0 Å². The second-order valence-electron chi connectivity index (χ2n) is 4.89. The fraction of sp³-hybridized carbons (Fsp3) is 0.357. The van der Waals surface area contributed by atoms with Gasteiger partial charge in [-0.25, -0.2) is 4.79 Å². The predicted octanol–water partition coefficient (Wildman–Crippen LogP) is 2.80. The van der Waals surface area contributed by atoms with Gasteiger partial charge in [0.2, 0.25) is 5.91 Å². The standard InChI is InChI=1S/C14H17ClN2O4/c1-8-3-4-11(10(15)5-8)16-14(21)17-12(18)6-9(2)7-13(19)20/h3-5,9H,6-7H2,1-2H3,(H,19,20)(H2,16,17,18,21). The Labute approximate surface area is 127 Å². The molecular formula is C14H17ClN2O4. The number of benzene rings is 1. The van der Waals surface area contributed by atoms with E-state index in [4.69, 9.17) is 16.7 Å². The van der Waals surface area contributed by atoms with Crippen molar-refractivity contribution in [2.45, 2.75) is 26.7 Å². The number of amides is 3. The molecule has 3 amide bonds. The summed E-state index contributed by atoms with van der Waals surface area (Å²) in [5.41, 5.74) is 1.34. The van der Waals surface area contributed by atoms with E-state index in [9.17, 15) is 14.4 Å². The minimum Gasteiger partial charge on any atom is -0.481 e. The number of aliphatic carboxylic acids is 1. The molecule has 1 aromatic rings. The Morgan fingerprint density at radius 2 is 1.95 bits per heavy atom. The van der Waals surface area contributed by atoms with Crippen molar-refractivity contribution in [2.75, 3.05) is 5.32 Å². The van der Waals surface area contributed by atoms with Gasteiger partial charge in [-0.2, -0.15) is 0 Å². The molecule has 0 heterocycles. The zero-order chi connectivity index (χ0) is 16.0. The average molecular weight is 313 g/mol. The van der Waals surface area contributed by atoms with Crippen molar-refractivity contribution < 1.29 is 19.5 Å². The molecule has 1 atom stereocenters. The number of anilines is 1. The lowest BCUT2D eigenvalue weighted by molar-refractivity contribution is -0.138. The molecule has 0 radical (unpaired) electrons. The molecule has 0 aliphatic rings. The van der Waals surface area contributed by atoms with Crippen LogP contribution in [-0.2, 0) is 9.59 Å². The number of carboxylic acids is 1. The van der Waals surface area contributed by atoms with E-state index < -0.39 is 17.9 Å². The predicted molar refractivity (Wildman–Crippen MR) is 79.4 cm³/mol. The third-order valence-electron chi connectivity index (χ3n) is 2.68. The molecule has 1 unspecified atom stereocenters. The first-order valence-corrected chi connectivity index (χ1v) is 6.74. The van der Waals surface area contributed by atoms with Crippen molar-refractivity contribution in [1.82, 2.24) is 5.32 Å². The normalized spacial score (nSPS) is 11.6. The van der Waals surface area contributed by atoms with Gasteiger partial charge in [0, 0.05) is 12.8 Å². The van der Waals surface area contributed by atoms with Crippen molar-refractivity contribution in [3.05, 3.63) is 28.8 Å². The second-order valence-corrected chi connectivity index (χ2v) is 5.30. The summed E-state index contributed by atoms with van der Waals surface area (Å²) < 4.78 is 0. The van der Waals surface area contributed by atoms with Crippen molar-refractivity contribution >= 4 is 35.2 Å². The van der Waals surface area contributed by atoms with Crippen LogP contribution in [-0.4, -0.2) is 23.0 Å². The number of rotatable bonds is 5.